The minimum absolute atomic E-state index is 0.232. The van der Waals surface area contributed by atoms with E-state index >= 15 is 0 Å². The van der Waals surface area contributed by atoms with Gasteiger partial charge in [0.1, 0.15) is 17.6 Å². The van der Waals surface area contributed by atoms with E-state index in [0.29, 0.717) is 5.02 Å². The topological polar surface area (TPSA) is 30.5 Å². The van der Waals surface area contributed by atoms with Gasteiger partial charge in [-0.05, 0) is 25.1 Å². The summed E-state index contributed by atoms with van der Waals surface area (Å²) in [5, 5.41) is 3.84. The van der Waals surface area contributed by atoms with E-state index in [4.69, 9.17) is 21.1 Å². The first kappa shape index (κ1) is 10.6. The van der Waals surface area contributed by atoms with Gasteiger partial charge >= 0.3 is 0 Å². The highest BCUT2D eigenvalue weighted by atomic mass is 35.5. The van der Waals surface area contributed by atoms with E-state index in [9.17, 15) is 0 Å². The molecule has 1 heterocycles. The molecule has 4 heteroatoms. The van der Waals surface area contributed by atoms with Gasteiger partial charge in [-0.15, -0.1) is 0 Å². The van der Waals surface area contributed by atoms with Crippen LogP contribution in [-0.4, -0.2) is 26.3 Å². The molecule has 0 unspecified atom stereocenters. The maximum atomic E-state index is 6.06. The Labute approximate surface area is 94.3 Å². The van der Waals surface area contributed by atoms with Gasteiger partial charge in [0.05, 0.1) is 12.1 Å². The Morgan fingerprint density at radius 1 is 1.47 bits per heavy atom. The van der Waals surface area contributed by atoms with E-state index in [1.165, 1.54) is 0 Å². The van der Waals surface area contributed by atoms with Gasteiger partial charge in [0, 0.05) is 12.6 Å². The van der Waals surface area contributed by atoms with Crippen molar-refractivity contribution in [1.29, 1.82) is 0 Å². The summed E-state index contributed by atoms with van der Waals surface area (Å²) in [6.07, 6.45) is 1.26. The van der Waals surface area contributed by atoms with Gasteiger partial charge in [0.2, 0.25) is 0 Å². The van der Waals surface area contributed by atoms with Crippen LogP contribution in [0.25, 0.3) is 0 Å². The number of hydrogen-bond donors (Lipinski definition) is 1. The van der Waals surface area contributed by atoms with Crippen LogP contribution in [-0.2, 0) is 0 Å². The lowest BCUT2D eigenvalue weighted by Crippen LogP contribution is -2.19. The van der Waals surface area contributed by atoms with Crippen LogP contribution in [0.5, 0.6) is 11.5 Å². The summed E-state index contributed by atoms with van der Waals surface area (Å²) in [6.45, 7) is 1.90. The van der Waals surface area contributed by atoms with Crippen LogP contribution in [0.2, 0.25) is 5.02 Å². The second-order valence-electron chi connectivity index (χ2n) is 3.53. The lowest BCUT2D eigenvalue weighted by molar-refractivity contribution is 0.223. The summed E-state index contributed by atoms with van der Waals surface area (Å²) >= 11 is 6.06. The van der Waals surface area contributed by atoms with Gasteiger partial charge < -0.3 is 14.8 Å². The molecule has 3 nitrogen and oxygen atoms in total. The van der Waals surface area contributed by atoms with E-state index in [1.807, 2.05) is 12.1 Å². The Kier molecular flexibility index (Phi) is 3.34. The molecule has 0 spiro atoms. The number of benzene rings is 1. The number of ether oxygens (including phenoxy) is 2. The zero-order valence-corrected chi connectivity index (χ0v) is 9.38. The smallest absolute Gasteiger partial charge is 0.138 e. The lowest BCUT2D eigenvalue weighted by atomic mass is 10.3. The molecule has 1 fully saturated rings. The maximum Gasteiger partial charge on any atom is 0.138 e. The number of nitrogens with one attached hydrogen (secondary N) is 1. The van der Waals surface area contributed by atoms with Crippen molar-refractivity contribution in [3.05, 3.63) is 23.2 Å². The van der Waals surface area contributed by atoms with Crippen LogP contribution in [0.1, 0.15) is 6.42 Å². The van der Waals surface area contributed by atoms with Crippen molar-refractivity contribution in [2.24, 2.45) is 0 Å². The van der Waals surface area contributed by atoms with Crippen LogP contribution in [0, 0.1) is 0 Å². The second kappa shape index (κ2) is 4.73. The molecule has 1 aromatic rings. The molecule has 0 bridgehead atoms. The van der Waals surface area contributed by atoms with Crippen LogP contribution in [0.3, 0.4) is 0 Å². The summed E-state index contributed by atoms with van der Waals surface area (Å²) < 4.78 is 10.8. The summed E-state index contributed by atoms with van der Waals surface area (Å²) in [7, 11) is 1.62. The van der Waals surface area contributed by atoms with Crippen LogP contribution >= 0.6 is 11.6 Å². The highest BCUT2D eigenvalue weighted by Gasteiger charge is 2.17. The predicted octanol–water partition coefficient (Wildman–Crippen LogP) is 2.09. The molecule has 0 saturated carbocycles. The molecule has 1 N–H and O–H groups in total. The summed E-state index contributed by atoms with van der Waals surface area (Å²) in [5.74, 6) is 1.48. The SMILES string of the molecule is COc1ccc(O[C@H]2CCNC2)c(Cl)c1. The Bertz CT molecular complexity index is 337. The summed E-state index contributed by atoms with van der Waals surface area (Å²) in [4.78, 5) is 0. The van der Waals surface area contributed by atoms with E-state index in [1.54, 1.807) is 13.2 Å². The highest BCUT2D eigenvalue weighted by Crippen LogP contribution is 2.29. The molecule has 1 aromatic carbocycles. The van der Waals surface area contributed by atoms with Crippen molar-refractivity contribution in [3.63, 3.8) is 0 Å². The van der Waals surface area contributed by atoms with Crippen LogP contribution < -0.4 is 14.8 Å². The van der Waals surface area contributed by atoms with Gasteiger partial charge in [-0.25, -0.2) is 0 Å². The Balaban J connectivity index is 2.07. The molecule has 82 valence electrons. The highest BCUT2D eigenvalue weighted by molar-refractivity contribution is 6.32. The molecule has 1 aliphatic rings. The van der Waals surface area contributed by atoms with Crippen molar-refractivity contribution in [2.45, 2.75) is 12.5 Å². The van der Waals surface area contributed by atoms with E-state index in [2.05, 4.69) is 5.32 Å². The normalized spacial score (nSPS) is 20.3. The lowest BCUT2D eigenvalue weighted by Gasteiger charge is -2.14. The van der Waals surface area contributed by atoms with E-state index in [-0.39, 0.29) is 6.10 Å². The minimum Gasteiger partial charge on any atom is -0.497 e. The summed E-state index contributed by atoms with van der Waals surface area (Å²) in [5.41, 5.74) is 0. The third kappa shape index (κ3) is 2.55. The molecule has 0 aliphatic carbocycles. The third-order valence-electron chi connectivity index (χ3n) is 2.45. The molecule has 1 atom stereocenters. The quantitative estimate of drug-likeness (QED) is 0.858. The molecule has 0 radical (unpaired) electrons. The first-order chi connectivity index (χ1) is 7.29. The molecule has 1 aliphatic heterocycles. The van der Waals surface area contributed by atoms with Gasteiger partial charge in [0.15, 0.2) is 0 Å². The van der Waals surface area contributed by atoms with Crippen molar-refractivity contribution in [3.8, 4) is 11.5 Å². The maximum absolute atomic E-state index is 6.06. The average Bonchev–Trinajstić information content (AvgIpc) is 2.74. The monoisotopic (exact) mass is 227 g/mol. The standard InChI is InChI=1S/C11H14ClNO2/c1-14-8-2-3-11(10(12)6-8)15-9-4-5-13-7-9/h2-3,6,9,13H,4-5,7H2,1H3/t9-/m0/s1. The second-order valence-corrected chi connectivity index (χ2v) is 3.94. The largest absolute Gasteiger partial charge is 0.497 e. The molecule has 0 aromatic heterocycles. The molecule has 1 saturated heterocycles. The number of halogens is 1. The number of hydrogen-bond acceptors (Lipinski definition) is 3. The minimum atomic E-state index is 0.232. The predicted molar refractivity (Wildman–Crippen MR) is 59.9 cm³/mol. The molecular weight excluding hydrogens is 214 g/mol. The van der Waals surface area contributed by atoms with E-state index < -0.39 is 0 Å². The average molecular weight is 228 g/mol. The van der Waals surface area contributed by atoms with Crippen molar-refractivity contribution >= 4 is 11.6 Å². The third-order valence-corrected chi connectivity index (χ3v) is 2.74. The summed E-state index contributed by atoms with van der Waals surface area (Å²) in [6, 6.07) is 5.46. The number of methoxy groups -OCH3 is 1. The first-order valence-corrected chi connectivity index (χ1v) is 5.38. The first-order valence-electron chi connectivity index (χ1n) is 5.00. The Morgan fingerprint density at radius 3 is 2.93 bits per heavy atom. The molecule has 15 heavy (non-hydrogen) atoms. The van der Waals surface area contributed by atoms with Gasteiger partial charge in [-0.2, -0.15) is 0 Å². The van der Waals surface area contributed by atoms with Gasteiger partial charge in [0.25, 0.3) is 0 Å². The zero-order chi connectivity index (χ0) is 10.7. The Hall–Kier alpha value is -0.930. The van der Waals surface area contributed by atoms with Crippen LogP contribution in [0.4, 0.5) is 0 Å². The van der Waals surface area contributed by atoms with Crippen LogP contribution in [0.15, 0.2) is 18.2 Å². The molecular formula is C11H14ClNO2. The molecule has 0 amide bonds. The fourth-order valence-electron chi connectivity index (χ4n) is 1.61. The van der Waals surface area contributed by atoms with Crippen molar-refractivity contribution in [2.75, 3.05) is 20.2 Å². The van der Waals surface area contributed by atoms with Gasteiger partial charge in [-0.3, -0.25) is 0 Å². The zero-order valence-electron chi connectivity index (χ0n) is 8.63. The van der Waals surface area contributed by atoms with Crippen molar-refractivity contribution in [1.82, 2.24) is 5.32 Å². The fraction of sp³-hybridized carbons (Fsp3) is 0.455. The Morgan fingerprint density at radius 2 is 2.33 bits per heavy atom. The van der Waals surface area contributed by atoms with Gasteiger partial charge in [-0.1, -0.05) is 11.6 Å². The molecule has 2 rings (SSSR count). The fourth-order valence-corrected chi connectivity index (χ4v) is 1.83. The van der Waals surface area contributed by atoms with E-state index in [0.717, 1.165) is 31.0 Å². The van der Waals surface area contributed by atoms with Crippen molar-refractivity contribution < 1.29 is 9.47 Å². The number of rotatable bonds is 3.